The Morgan fingerprint density at radius 1 is 1.10 bits per heavy atom. The van der Waals surface area contributed by atoms with E-state index in [1.54, 1.807) is 16.8 Å². The maximum Gasteiger partial charge on any atom is 0.255 e. The van der Waals surface area contributed by atoms with Crippen LogP contribution in [0.5, 0.6) is 0 Å². The third-order valence-electron chi connectivity index (χ3n) is 5.19. The first-order chi connectivity index (χ1) is 14.6. The number of carbonyl (C=O) groups is 1. The highest BCUT2D eigenvalue weighted by atomic mass is 16.1. The number of nitrogens with zero attached hydrogens (tertiary/aromatic N) is 5. The van der Waals surface area contributed by atoms with Gasteiger partial charge in [-0.25, -0.2) is 9.67 Å². The molecule has 5 rings (SSSR count). The zero-order chi connectivity index (χ0) is 20.7. The van der Waals surface area contributed by atoms with Crippen LogP contribution in [0.15, 0.2) is 67.0 Å². The highest BCUT2D eigenvalue weighted by Gasteiger charge is 2.11. The first kappa shape index (κ1) is 18.1. The van der Waals surface area contributed by atoms with Crippen molar-refractivity contribution in [3.8, 4) is 11.3 Å². The van der Waals surface area contributed by atoms with Crippen LogP contribution >= 0.6 is 0 Å². The van der Waals surface area contributed by atoms with E-state index in [-0.39, 0.29) is 5.91 Å². The molecule has 0 fully saturated rings. The maximum absolute atomic E-state index is 12.7. The van der Waals surface area contributed by atoms with Gasteiger partial charge in [0.2, 0.25) is 0 Å². The monoisotopic (exact) mass is 396 g/mol. The molecule has 0 spiro atoms. The van der Waals surface area contributed by atoms with Crippen molar-refractivity contribution >= 4 is 28.3 Å². The van der Waals surface area contributed by atoms with E-state index in [1.807, 2.05) is 73.1 Å². The molecule has 30 heavy (non-hydrogen) atoms. The molecule has 5 aromatic rings. The number of fused-ring (bicyclic) bond motifs is 2. The van der Waals surface area contributed by atoms with Crippen LogP contribution in [0.1, 0.15) is 22.8 Å². The molecule has 0 bridgehead atoms. The number of amides is 1. The molecular weight excluding hydrogens is 376 g/mol. The van der Waals surface area contributed by atoms with Gasteiger partial charge in [-0.3, -0.25) is 4.79 Å². The van der Waals surface area contributed by atoms with E-state index in [0.29, 0.717) is 11.1 Å². The molecular formula is C23H20N6O. The van der Waals surface area contributed by atoms with E-state index in [1.165, 1.54) is 0 Å². The van der Waals surface area contributed by atoms with Crippen LogP contribution in [0.4, 0.5) is 5.69 Å². The average molecular weight is 396 g/mol. The Labute approximate surface area is 173 Å². The number of hydrogen-bond donors (Lipinski definition) is 1. The fraction of sp³-hybridized carbons (Fsp3) is 0.130. The molecule has 7 nitrogen and oxygen atoms in total. The maximum atomic E-state index is 12.7. The van der Waals surface area contributed by atoms with Crippen LogP contribution in [0.25, 0.3) is 27.9 Å². The lowest BCUT2D eigenvalue weighted by atomic mass is 10.1. The van der Waals surface area contributed by atoms with Crippen LogP contribution in [0.2, 0.25) is 0 Å². The summed E-state index contributed by atoms with van der Waals surface area (Å²) in [6, 6.07) is 17.2. The number of nitrogens with one attached hydrogen (secondary N) is 1. The van der Waals surface area contributed by atoms with Gasteiger partial charge in [0.1, 0.15) is 11.2 Å². The van der Waals surface area contributed by atoms with Crippen molar-refractivity contribution in [2.75, 3.05) is 5.32 Å². The van der Waals surface area contributed by atoms with Gasteiger partial charge in [0, 0.05) is 35.8 Å². The fourth-order valence-corrected chi connectivity index (χ4v) is 3.57. The second kappa shape index (κ2) is 7.11. The molecule has 1 amide bonds. The molecule has 0 radical (unpaired) electrons. The highest BCUT2D eigenvalue weighted by Crippen LogP contribution is 2.23. The van der Waals surface area contributed by atoms with Gasteiger partial charge >= 0.3 is 0 Å². The van der Waals surface area contributed by atoms with Gasteiger partial charge in [-0.1, -0.05) is 23.4 Å². The number of anilines is 1. The van der Waals surface area contributed by atoms with Crippen LogP contribution in [0, 0.1) is 6.92 Å². The summed E-state index contributed by atoms with van der Waals surface area (Å²) in [5, 5.41) is 11.2. The van der Waals surface area contributed by atoms with Crippen molar-refractivity contribution in [3.63, 3.8) is 0 Å². The third-order valence-corrected chi connectivity index (χ3v) is 5.19. The van der Waals surface area contributed by atoms with E-state index >= 15 is 0 Å². The Kier molecular flexibility index (Phi) is 4.28. The average Bonchev–Trinajstić information content (AvgIpc) is 3.38. The Bertz CT molecular complexity index is 1380. The summed E-state index contributed by atoms with van der Waals surface area (Å²) in [5.41, 5.74) is 6.86. The summed E-state index contributed by atoms with van der Waals surface area (Å²) in [4.78, 5) is 17.4. The summed E-state index contributed by atoms with van der Waals surface area (Å²) in [7, 11) is 0. The lowest BCUT2D eigenvalue weighted by Gasteiger charge is -2.06. The SMILES string of the molecule is CCn1nnc2cc(C(=O)Nc3ccc(-c4cn5cccc(C)c5n4)cc3)ccc21. The second-order valence-corrected chi connectivity index (χ2v) is 7.19. The van der Waals surface area contributed by atoms with E-state index in [2.05, 4.69) is 15.6 Å². The Balaban J connectivity index is 1.36. The number of pyridine rings is 1. The molecule has 0 saturated heterocycles. The minimum absolute atomic E-state index is 0.181. The summed E-state index contributed by atoms with van der Waals surface area (Å²) >= 11 is 0. The zero-order valence-electron chi connectivity index (χ0n) is 16.7. The fourth-order valence-electron chi connectivity index (χ4n) is 3.57. The number of benzene rings is 2. The molecule has 0 aliphatic carbocycles. The molecule has 0 saturated carbocycles. The molecule has 3 aromatic heterocycles. The molecule has 2 aromatic carbocycles. The van der Waals surface area contributed by atoms with Gasteiger partial charge in [0.05, 0.1) is 11.2 Å². The first-order valence-electron chi connectivity index (χ1n) is 9.82. The number of aryl methyl sites for hydroxylation is 2. The summed E-state index contributed by atoms with van der Waals surface area (Å²) in [5.74, 6) is -0.181. The van der Waals surface area contributed by atoms with Crippen molar-refractivity contribution in [1.82, 2.24) is 24.4 Å². The van der Waals surface area contributed by atoms with Gasteiger partial charge in [-0.05, 0) is 55.8 Å². The van der Waals surface area contributed by atoms with Crippen LogP contribution < -0.4 is 5.32 Å². The number of imidazole rings is 1. The summed E-state index contributed by atoms with van der Waals surface area (Å²) in [6.07, 6.45) is 4.00. The van der Waals surface area contributed by atoms with Gasteiger partial charge in [-0.15, -0.1) is 5.10 Å². The topological polar surface area (TPSA) is 77.1 Å². The molecule has 148 valence electrons. The van der Waals surface area contributed by atoms with Gasteiger partial charge in [-0.2, -0.15) is 0 Å². The summed E-state index contributed by atoms with van der Waals surface area (Å²) in [6.45, 7) is 4.79. The van der Waals surface area contributed by atoms with Crippen molar-refractivity contribution in [2.45, 2.75) is 20.4 Å². The summed E-state index contributed by atoms with van der Waals surface area (Å²) < 4.78 is 3.82. The largest absolute Gasteiger partial charge is 0.322 e. The Morgan fingerprint density at radius 2 is 1.93 bits per heavy atom. The quantitative estimate of drug-likeness (QED) is 0.491. The van der Waals surface area contributed by atoms with Crippen molar-refractivity contribution < 1.29 is 4.79 Å². The van der Waals surface area contributed by atoms with Crippen molar-refractivity contribution in [1.29, 1.82) is 0 Å². The lowest BCUT2D eigenvalue weighted by Crippen LogP contribution is -2.11. The first-order valence-corrected chi connectivity index (χ1v) is 9.82. The lowest BCUT2D eigenvalue weighted by molar-refractivity contribution is 0.102. The van der Waals surface area contributed by atoms with Gasteiger partial charge < -0.3 is 9.72 Å². The third kappa shape index (κ3) is 3.10. The highest BCUT2D eigenvalue weighted by molar-refractivity contribution is 6.06. The number of rotatable bonds is 4. The van der Waals surface area contributed by atoms with E-state index in [4.69, 9.17) is 4.98 Å². The van der Waals surface area contributed by atoms with Crippen LogP contribution in [0.3, 0.4) is 0 Å². The number of aromatic nitrogens is 5. The minimum Gasteiger partial charge on any atom is -0.322 e. The molecule has 0 aliphatic heterocycles. The van der Waals surface area contributed by atoms with Crippen molar-refractivity contribution in [3.05, 3.63) is 78.1 Å². The van der Waals surface area contributed by atoms with Crippen LogP contribution in [-0.2, 0) is 6.54 Å². The molecule has 0 aliphatic rings. The standard InChI is InChI=1S/C23H20N6O/c1-3-29-21-11-8-17(13-19(21)26-27-29)23(30)24-18-9-6-16(7-10-18)20-14-28-12-4-5-15(2)22(28)25-20/h4-14H,3H2,1-2H3,(H,24,30). The Hall–Kier alpha value is -4.00. The molecule has 3 heterocycles. The van der Waals surface area contributed by atoms with Crippen molar-refractivity contribution in [2.24, 2.45) is 0 Å². The minimum atomic E-state index is -0.181. The molecule has 0 atom stereocenters. The van der Waals surface area contributed by atoms with E-state index in [9.17, 15) is 4.79 Å². The zero-order valence-corrected chi connectivity index (χ0v) is 16.7. The predicted molar refractivity (Wildman–Crippen MR) is 117 cm³/mol. The Morgan fingerprint density at radius 3 is 2.70 bits per heavy atom. The normalized spacial score (nSPS) is 11.3. The number of carbonyl (C=O) groups excluding carboxylic acids is 1. The molecule has 0 unspecified atom stereocenters. The smallest absolute Gasteiger partial charge is 0.255 e. The van der Waals surface area contributed by atoms with E-state index in [0.717, 1.165) is 40.2 Å². The van der Waals surface area contributed by atoms with E-state index < -0.39 is 0 Å². The molecule has 7 heteroatoms. The van der Waals surface area contributed by atoms with Gasteiger partial charge in [0.15, 0.2) is 0 Å². The predicted octanol–water partition coefficient (Wildman–Crippen LogP) is 4.33. The number of hydrogen-bond acceptors (Lipinski definition) is 4. The van der Waals surface area contributed by atoms with Crippen LogP contribution in [-0.4, -0.2) is 30.3 Å². The molecule has 1 N–H and O–H groups in total. The van der Waals surface area contributed by atoms with Gasteiger partial charge in [0.25, 0.3) is 5.91 Å². The second-order valence-electron chi connectivity index (χ2n) is 7.19.